The molecule has 20 heavy (non-hydrogen) atoms. The lowest BCUT2D eigenvalue weighted by Crippen LogP contribution is -2.36. The Morgan fingerprint density at radius 1 is 1.35 bits per heavy atom. The molecule has 0 radical (unpaired) electrons. The second-order valence-corrected chi connectivity index (χ2v) is 5.66. The topological polar surface area (TPSA) is 104 Å². The Balaban J connectivity index is 2.19. The number of ketones is 1. The molecule has 2 rings (SSSR count). The fourth-order valence-corrected chi connectivity index (χ4v) is 2.94. The smallest absolute Gasteiger partial charge is 0.315 e. The van der Waals surface area contributed by atoms with E-state index >= 15 is 0 Å². The van der Waals surface area contributed by atoms with Gasteiger partial charge in [0.05, 0.1) is 11.5 Å². The normalized spacial score (nSPS) is 16.0. The highest BCUT2D eigenvalue weighted by Gasteiger charge is 2.23. The molecule has 1 aliphatic rings. The molecule has 108 valence electrons. The predicted molar refractivity (Wildman–Crippen MR) is 74.5 cm³/mol. The first-order valence-electron chi connectivity index (χ1n) is 6.02. The molecule has 0 bridgehead atoms. The third kappa shape index (κ3) is 3.20. The van der Waals surface area contributed by atoms with Gasteiger partial charge in [-0.15, -0.1) is 0 Å². The van der Waals surface area contributed by atoms with Gasteiger partial charge in [-0.25, -0.2) is 0 Å². The highest BCUT2D eigenvalue weighted by Crippen LogP contribution is 2.36. The minimum Gasteiger partial charge on any atom is -0.504 e. The molecule has 0 amide bonds. The van der Waals surface area contributed by atoms with Crippen LogP contribution in [0.5, 0.6) is 11.5 Å². The van der Waals surface area contributed by atoms with Gasteiger partial charge in [0.1, 0.15) is 0 Å². The van der Waals surface area contributed by atoms with E-state index in [1.165, 1.54) is 0 Å². The van der Waals surface area contributed by atoms with Crippen LogP contribution in [0.3, 0.4) is 0 Å². The lowest BCUT2D eigenvalue weighted by Gasteiger charge is -2.25. The molecule has 1 heterocycles. The standard InChI is InChI=1S/C12H14N2O5S/c15-10-6-8(5-9(12(10)17)14(18)19)11(16)7-13-1-3-20-4-2-13/h5-6,15,17H,1-4,7H2. The van der Waals surface area contributed by atoms with Gasteiger partial charge in [-0.1, -0.05) is 0 Å². The molecule has 1 saturated heterocycles. The van der Waals surface area contributed by atoms with Gasteiger partial charge in [0.15, 0.2) is 11.5 Å². The predicted octanol–water partition coefficient (Wildman–Crippen LogP) is 1.24. The van der Waals surface area contributed by atoms with Crippen LogP contribution in [-0.2, 0) is 0 Å². The van der Waals surface area contributed by atoms with Gasteiger partial charge in [-0.2, -0.15) is 11.8 Å². The third-order valence-corrected chi connectivity index (χ3v) is 4.00. The number of hydrogen-bond acceptors (Lipinski definition) is 7. The third-order valence-electron chi connectivity index (χ3n) is 3.06. The number of hydrogen-bond donors (Lipinski definition) is 2. The zero-order chi connectivity index (χ0) is 14.7. The summed E-state index contributed by atoms with van der Waals surface area (Å²) in [7, 11) is 0. The van der Waals surface area contributed by atoms with Crippen molar-refractivity contribution in [2.75, 3.05) is 31.1 Å². The van der Waals surface area contributed by atoms with Crippen molar-refractivity contribution >= 4 is 23.2 Å². The fourth-order valence-electron chi connectivity index (χ4n) is 1.96. The summed E-state index contributed by atoms with van der Waals surface area (Å²) < 4.78 is 0. The van der Waals surface area contributed by atoms with Crippen molar-refractivity contribution in [2.45, 2.75) is 0 Å². The number of carbonyl (C=O) groups excluding carboxylic acids is 1. The van der Waals surface area contributed by atoms with Crippen LogP contribution in [0.1, 0.15) is 10.4 Å². The average Bonchev–Trinajstić information content (AvgIpc) is 2.42. The van der Waals surface area contributed by atoms with Crippen LogP contribution in [0.15, 0.2) is 12.1 Å². The Hall–Kier alpha value is -1.80. The van der Waals surface area contributed by atoms with E-state index in [0.717, 1.165) is 36.7 Å². The average molecular weight is 298 g/mol. The Bertz CT molecular complexity index is 543. The number of aromatic hydroxyl groups is 2. The highest BCUT2D eigenvalue weighted by molar-refractivity contribution is 7.99. The van der Waals surface area contributed by atoms with Crippen LogP contribution in [0.25, 0.3) is 0 Å². The SMILES string of the molecule is O=C(CN1CCSCC1)c1cc(O)c(O)c([N+](=O)[O-])c1. The summed E-state index contributed by atoms with van der Waals surface area (Å²) in [5.74, 6) is 0.121. The van der Waals surface area contributed by atoms with Gasteiger partial charge in [0.25, 0.3) is 0 Å². The van der Waals surface area contributed by atoms with Gasteiger partial charge < -0.3 is 10.2 Å². The number of thioether (sulfide) groups is 1. The number of Topliss-reactive ketones (excluding diaryl/α,β-unsaturated/α-hetero) is 1. The minimum absolute atomic E-state index is 0.0326. The molecule has 0 atom stereocenters. The summed E-state index contributed by atoms with van der Waals surface area (Å²) in [6.45, 7) is 1.74. The Kier molecular flexibility index (Phi) is 4.46. The fraction of sp³-hybridized carbons (Fsp3) is 0.417. The number of phenolic OH excluding ortho intramolecular Hbond substituents is 2. The van der Waals surface area contributed by atoms with Crippen molar-refractivity contribution in [3.63, 3.8) is 0 Å². The largest absolute Gasteiger partial charge is 0.504 e. The first-order chi connectivity index (χ1) is 9.49. The second-order valence-electron chi connectivity index (χ2n) is 4.43. The summed E-state index contributed by atoms with van der Waals surface area (Å²) in [6.07, 6.45) is 0. The monoisotopic (exact) mass is 298 g/mol. The van der Waals surface area contributed by atoms with E-state index in [9.17, 15) is 25.1 Å². The summed E-state index contributed by atoms with van der Waals surface area (Å²) >= 11 is 1.82. The maximum Gasteiger partial charge on any atom is 0.315 e. The molecule has 0 unspecified atom stereocenters. The molecule has 0 aromatic heterocycles. The van der Waals surface area contributed by atoms with E-state index in [1.807, 2.05) is 16.7 Å². The first kappa shape index (κ1) is 14.6. The molecule has 1 aromatic carbocycles. The molecular formula is C12H14N2O5S. The van der Waals surface area contributed by atoms with Crippen LogP contribution < -0.4 is 0 Å². The summed E-state index contributed by atoms with van der Waals surface area (Å²) in [5, 5.41) is 29.6. The van der Waals surface area contributed by atoms with Crippen LogP contribution in [-0.4, -0.2) is 57.0 Å². The molecule has 0 aliphatic carbocycles. The number of benzene rings is 1. The lowest BCUT2D eigenvalue weighted by atomic mass is 10.1. The van der Waals surface area contributed by atoms with Crippen LogP contribution in [0.2, 0.25) is 0 Å². The minimum atomic E-state index is -0.830. The van der Waals surface area contributed by atoms with E-state index in [-0.39, 0.29) is 17.9 Å². The maximum absolute atomic E-state index is 12.1. The number of nitro groups is 1. The zero-order valence-electron chi connectivity index (χ0n) is 10.6. The summed E-state index contributed by atoms with van der Waals surface area (Å²) in [4.78, 5) is 24.0. The highest BCUT2D eigenvalue weighted by atomic mass is 32.2. The summed E-state index contributed by atoms with van der Waals surface area (Å²) in [5.41, 5.74) is -0.632. The molecule has 8 heteroatoms. The van der Waals surface area contributed by atoms with Crippen molar-refractivity contribution in [3.8, 4) is 11.5 Å². The molecule has 0 saturated carbocycles. The van der Waals surface area contributed by atoms with Gasteiger partial charge in [0.2, 0.25) is 5.75 Å². The molecule has 1 aromatic rings. The van der Waals surface area contributed by atoms with Crippen LogP contribution >= 0.6 is 11.8 Å². The van der Waals surface area contributed by atoms with Crippen molar-refractivity contribution in [3.05, 3.63) is 27.8 Å². The Morgan fingerprint density at radius 3 is 2.60 bits per heavy atom. The molecule has 7 nitrogen and oxygen atoms in total. The van der Waals surface area contributed by atoms with Crippen LogP contribution in [0, 0.1) is 10.1 Å². The van der Waals surface area contributed by atoms with E-state index in [4.69, 9.17) is 0 Å². The maximum atomic E-state index is 12.1. The Labute approximate surface area is 119 Å². The van der Waals surface area contributed by atoms with Crippen molar-refractivity contribution in [2.24, 2.45) is 0 Å². The van der Waals surface area contributed by atoms with E-state index in [1.54, 1.807) is 0 Å². The van der Waals surface area contributed by atoms with E-state index in [2.05, 4.69) is 0 Å². The molecule has 0 spiro atoms. The number of nitro benzene ring substituents is 1. The Morgan fingerprint density at radius 2 is 2.00 bits per heavy atom. The van der Waals surface area contributed by atoms with Gasteiger partial charge in [0, 0.05) is 36.2 Å². The molecule has 1 fully saturated rings. The van der Waals surface area contributed by atoms with E-state index in [0.29, 0.717) is 0 Å². The number of phenols is 2. The molecule has 2 N–H and O–H groups in total. The van der Waals surface area contributed by atoms with Gasteiger partial charge in [-0.05, 0) is 6.07 Å². The van der Waals surface area contributed by atoms with E-state index < -0.39 is 22.1 Å². The van der Waals surface area contributed by atoms with Crippen LogP contribution in [0.4, 0.5) is 5.69 Å². The quantitative estimate of drug-likeness (QED) is 0.373. The van der Waals surface area contributed by atoms with Crippen molar-refractivity contribution in [1.82, 2.24) is 4.90 Å². The van der Waals surface area contributed by atoms with Gasteiger partial charge in [-0.3, -0.25) is 19.8 Å². The van der Waals surface area contributed by atoms with Crippen molar-refractivity contribution < 1.29 is 19.9 Å². The molecular weight excluding hydrogens is 284 g/mol. The number of nitrogens with zero attached hydrogens (tertiary/aromatic N) is 2. The van der Waals surface area contributed by atoms with Gasteiger partial charge >= 0.3 is 5.69 Å². The number of carbonyl (C=O) groups is 1. The molecule has 1 aliphatic heterocycles. The second kappa shape index (κ2) is 6.10. The lowest BCUT2D eigenvalue weighted by molar-refractivity contribution is -0.386. The van der Waals surface area contributed by atoms with Crippen molar-refractivity contribution in [1.29, 1.82) is 0 Å². The first-order valence-corrected chi connectivity index (χ1v) is 7.18. The number of rotatable bonds is 4. The summed E-state index contributed by atoms with van der Waals surface area (Å²) in [6, 6.07) is 2.06. The zero-order valence-corrected chi connectivity index (χ0v) is 11.4.